The molecule has 0 unspecified atom stereocenters. The molecule has 147 heavy (non-hydrogen) atoms. The van der Waals surface area contributed by atoms with Crippen LogP contribution in [0.25, 0.3) is 295 Å². The van der Waals surface area contributed by atoms with Gasteiger partial charge in [-0.15, -0.1) is 11.3 Å². The van der Waals surface area contributed by atoms with Crippen LogP contribution in [0.2, 0.25) is 0 Å². The van der Waals surface area contributed by atoms with Gasteiger partial charge in [-0.1, -0.05) is 328 Å². The van der Waals surface area contributed by atoms with Gasteiger partial charge in [-0.2, -0.15) is 0 Å². The normalized spacial score (nSPS) is 12.1. The molecule has 0 fully saturated rings. The van der Waals surface area contributed by atoms with Gasteiger partial charge in [0.25, 0.3) is 0 Å². The zero-order chi connectivity index (χ0) is 96.2. The van der Waals surface area contributed by atoms with E-state index in [1.807, 2.05) is 35.6 Å². The molecular weight excluding hydrogens is 1810 g/mol. The second-order valence-corrected chi connectivity index (χ2v) is 39.9. The monoisotopic (exact) mass is 1890 g/mol. The summed E-state index contributed by atoms with van der Waals surface area (Å²) in [6.07, 6.45) is 0. The Labute approximate surface area is 845 Å². The second-order valence-electron chi connectivity index (χ2n) is 38.8. The van der Waals surface area contributed by atoms with Crippen molar-refractivity contribution in [1.82, 2.24) is 27.4 Å². The van der Waals surface area contributed by atoms with E-state index in [1.165, 1.54) is 217 Å². The Morgan fingerprint density at radius 1 is 0.150 bits per heavy atom. The fourth-order valence-electron chi connectivity index (χ4n) is 24.4. The van der Waals surface area contributed by atoms with Crippen molar-refractivity contribution in [1.29, 1.82) is 0 Å². The summed E-state index contributed by atoms with van der Waals surface area (Å²) >= 11 is 1.88. The number of hydrogen-bond acceptors (Lipinski definition) is 3. The molecule has 0 aliphatic rings. The Balaban J connectivity index is 0.0000000999. The molecule has 0 bridgehead atoms. The lowest BCUT2D eigenvalue weighted by Crippen LogP contribution is -1.96. The van der Waals surface area contributed by atoms with Crippen LogP contribution in [0.15, 0.2) is 518 Å². The van der Waals surface area contributed by atoms with E-state index in [0.717, 1.165) is 77.9 Å². The van der Waals surface area contributed by atoms with Gasteiger partial charge < -0.3 is 36.2 Å². The van der Waals surface area contributed by atoms with Crippen LogP contribution in [0.3, 0.4) is 0 Å². The molecule has 24 aromatic carbocycles. The minimum Gasteiger partial charge on any atom is -0.456 e. The van der Waals surface area contributed by atoms with Crippen LogP contribution >= 0.6 is 11.3 Å². The fraction of sp³-hybridized carbons (Fsp3) is 0. The molecule has 33 rings (SSSR count). The molecular formula is C138H84N6O2S. The Kier molecular flexibility index (Phi) is 18.3. The molecule has 0 saturated carbocycles. The minimum absolute atomic E-state index is 0.907. The summed E-state index contributed by atoms with van der Waals surface area (Å²) in [5.41, 5.74) is 32.2. The molecule has 0 aliphatic heterocycles. The largest absolute Gasteiger partial charge is 0.456 e. The third kappa shape index (κ3) is 12.8. The van der Waals surface area contributed by atoms with E-state index in [9.17, 15) is 0 Å². The number of thiophene rings is 1. The highest BCUT2D eigenvalue weighted by atomic mass is 32.1. The minimum atomic E-state index is 0.907. The average Bonchev–Trinajstić information content (AvgIpc) is 1.54. The SMILES string of the molecule is c1ccc(-n2c3cc4c(cc3c3ccc5ccccc5c32)c2ccccc2n4-c2ccc(-c3cccc4oc5ccccc5c34)cc2)cc1.c1ccc(-n2c3cc4ccccc4cc3c3cc4c5ccccc5n(-c5ccc(-c6cccc7c6sc6ccccc67)cc5)c4cc32)cc1.c1ccc(-n2c3cc4ccccc4cc3c3cc4c5ccccc5n(-c5cccc(-c6cccc7oc8ccccc8c67)c5)c4cc32)cc1. The maximum absolute atomic E-state index is 6.26. The summed E-state index contributed by atoms with van der Waals surface area (Å²) in [6, 6.07) is 185. The molecule has 9 aromatic heterocycles. The lowest BCUT2D eigenvalue weighted by atomic mass is 9.99. The summed E-state index contributed by atoms with van der Waals surface area (Å²) in [5, 5.41) is 29.9. The quantitative estimate of drug-likeness (QED) is 0.145. The number of rotatable bonds is 9. The smallest absolute Gasteiger partial charge is 0.136 e. The zero-order valence-corrected chi connectivity index (χ0v) is 80.2. The molecule has 0 amide bonds. The number of nitrogens with zero attached hydrogens (tertiary/aromatic N) is 6. The van der Waals surface area contributed by atoms with E-state index in [2.05, 4.69) is 513 Å². The first kappa shape index (κ1) is 82.4. The summed E-state index contributed by atoms with van der Waals surface area (Å²) in [7, 11) is 0. The number of hydrogen-bond donors (Lipinski definition) is 0. The molecule has 9 heterocycles. The van der Waals surface area contributed by atoms with Crippen molar-refractivity contribution in [3.8, 4) is 67.5 Å². The predicted octanol–water partition coefficient (Wildman–Crippen LogP) is 38.3. The number of benzene rings is 24. The van der Waals surface area contributed by atoms with E-state index in [0.29, 0.717) is 0 Å². The molecule has 0 aliphatic carbocycles. The molecule has 0 N–H and O–H groups in total. The second kappa shape index (κ2) is 32.6. The van der Waals surface area contributed by atoms with E-state index in [1.54, 1.807) is 0 Å². The van der Waals surface area contributed by atoms with Crippen LogP contribution in [0, 0.1) is 0 Å². The first-order valence-corrected chi connectivity index (χ1v) is 51.1. The maximum Gasteiger partial charge on any atom is 0.136 e. The van der Waals surface area contributed by atoms with Crippen molar-refractivity contribution in [2.75, 3.05) is 0 Å². The van der Waals surface area contributed by atoms with Gasteiger partial charge in [0.2, 0.25) is 0 Å². The highest BCUT2D eigenvalue weighted by Gasteiger charge is 2.27. The Hall–Kier alpha value is -19.3. The first-order chi connectivity index (χ1) is 72.9. The van der Waals surface area contributed by atoms with Crippen molar-refractivity contribution >= 4 is 239 Å². The van der Waals surface area contributed by atoms with Gasteiger partial charge in [0, 0.05) is 146 Å². The third-order valence-electron chi connectivity index (χ3n) is 30.8. The maximum atomic E-state index is 6.26. The summed E-state index contributed by atoms with van der Waals surface area (Å²) in [6.45, 7) is 0. The molecule has 9 heteroatoms. The van der Waals surface area contributed by atoms with Crippen molar-refractivity contribution in [2.45, 2.75) is 0 Å². The zero-order valence-electron chi connectivity index (χ0n) is 79.4. The standard InChI is InChI=1S/2C46H28N2O.C46H28N2S/c1-2-15-32(16-3-1)47-41-26-30-13-5-4-12-29(30)25-37(41)39-27-38-35-18-6-8-21-40(35)48(42(38)28-43(39)47)33-17-10-14-31(24-33)34-20-11-23-45-46(34)36-19-7-9-22-44(36)49-45;1-2-12-31(13-3-1)48-42-28-41-38(27-39(42)36-26-23-29-11-4-5-14-34(29)46(36)48)35-15-6-8-18-40(35)47(41)32-24-21-30(22-25-32)33-17-10-20-44-45(33)37-16-7-9-19-43(37)49-44;1-2-13-32(14-3-1)48-42-26-31-12-5-4-11-30(31)25-38(42)40-27-39-35-15-6-8-19-41(35)47(43(39)28-44(40)48)33-23-21-29(22-24-33)34-17-10-18-37-36-16-7-9-20-45(36)49-46(34)37/h3*1-28H. The van der Waals surface area contributed by atoms with Crippen LogP contribution in [0.4, 0.5) is 0 Å². The average molecular weight is 1890 g/mol. The van der Waals surface area contributed by atoms with Gasteiger partial charge in [-0.3, -0.25) is 0 Å². The van der Waals surface area contributed by atoms with Gasteiger partial charge in [0.1, 0.15) is 22.3 Å². The van der Waals surface area contributed by atoms with Gasteiger partial charge in [0.15, 0.2) is 0 Å². The van der Waals surface area contributed by atoms with E-state index < -0.39 is 0 Å². The van der Waals surface area contributed by atoms with Crippen molar-refractivity contribution in [2.24, 2.45) is 0 Å². The summed E-state index contributed by atoms with van der Waals surface area (Å²) in [5.74, 6) is 0. The van der Waals surface area contributed by atoms with Crippen LogP contribution in [-0.2, 0) is 0 Å². The number of aromatic nitrogens is 6. The Morgan fingerprint density at radius 3 is 0.973 bits per heavy atom. The topological polar surface area (TPSA) is 55.9 Å². The van der Waals surface area contributed by atoms with Crippen molar-refractivity contribution in [3.63, 3.8) is 0 Å². The highest BCUT2D eigenvalue weighted by Crippen LogP contribution is 2.50. The van der Waals surface area contributed by atoms with Gasteiger partial charge in [-0.05, 0) is 242 Å². The third-order valence-corrected chi connectivity index (χ3v) is 32.1. The molecule has 33 aromatic rings. The van der Waals surface area contributed by atoms with Crippen LogP contribution in [0.5, 0.6) is 0 Å². The van der Waals surface area contributed by atoms with E-state index in [-0.39, 0.29) is 0 Å². The molecule has 0 spiro atoms. The van der Waals surface area contributed by atoms with Crippen molar-refractivity contribution in [3.05, 3.63) is 510 Å². The predicted molar refractivity (Wildman–Crippen MR) is 622 cm³/mol. The fourth-order valence-corrected chi connectivity index (χ4v) is 25.6. The van der Waals surface area contributed by atoms with E-state index in [4.69, 9.17) is 8.83 Å². The molecule has 0 radical (unpaired) electrons. The summed E-state index contributed by atoms with van der Waals surface area (Å²) < 4.78 is 29.8. The van der Waals surface area contributed by atoms with Crippen molar-refractivity contribution < 1.29 is 8.83 Å². The lowest BCUT2D eigenvalue weighted by Gasteiger charge is -2.12. The van der Waals surface area contributed by atoms with Crippen LogP contribution in [0.1, 0.15) is 0 Å². The van der Waals surface area contributed by atoms with E-state index >= 15 is 0 Å². The Bertz CT molecular complexity index is 11300. The molecule has 0 saturated heterocycles. The van der Waals surface area contributed by atoms with Gasteiger partial charge >= 0.3 is 0 Å². The lowest BCUT2D eigenvalue weighted by molar-refractivity contribution is 0.668. The number of para-hydroxylation sites is 8. The highest BCUT2D eigenvalue weighted by molar-refractivity contribution is 7.26. The van der Waals surface area contributed by atoms with Crippen LogP contribution < -0.4 is 0 Å². The molecule has 684 valence electrons. The number of fused-ring (bicyclic) bond motifs is 31. The molecule has 0 atom stereocenters. The number of furan rings is 2. The Morgan fingerprint density at radius 2 is 0.469 bits per heavy atom. The van der Waals surface area contributed by atoms with Gasteiger partial charge in [0.05, 0.1) is 66.2 Å². The molecule has 8 nitrogen and oxygen atoms in total. The van der Waals surface area contributed by atoms with Crippen LogP contribution in [-0.4, -0.2) is 27.4 Å². The first-order valence-electron chi connectivity index (χ1n) is 50.3. The van der Waals surface area contributed by atoms with Gasteiger partial charge in [-0.25, -0.2) is 0 Å². The summed E-state index contributed by atoms with van der Waals surface area (Å²) in [4.78, 5) is 0.